The Morgan fingerprint density at radius 1 is 1.16 bits per heavy atom. The zero-order valence-electron chi connectivity index (χ0n) is 13.0. The minimum absolute atomic E-state index is 0.275. The molecule has 0 fully saturated rings. The minimum atomic E-state index is -0.584. The van der Waals surface area contributed by atoms with Crippen LogP contribution in [0.25, 0.3) is 0 Å². The molecule has 0 aliphatic carbocycles. The molecule has 3 N–H and O–H groups in total. The van der Waals surface area contributed by atoms with Crippen LogP contribution in [0.15, 0.2) is 55.0 Å². The number of hydrogen-bond donors (Lipinski definition) is 2. The Hall–Kier alpha value is -3.26. The van der Waals surface area contributed by atoms with Crippen molar-refractivity contribution in [3.05, 3.63) is 71.0 Å². The first kappa shape index (κ1) is 16.6. The number of benzene rings is 1. The van der Waals surface area contributed by atoms with E-state index in [1.54, 1.807) is 36.7 Å². The lowest BCUT2D eigenvalue weighted by Crippen LogP contribution is -2.13. The summed E-state index contributed by atoms with van der Waals surface area (Å²) in [7, 11) is 0. The number of anilines is 1. The first-order valence-corrected chi connectivity index (χ1v) is 8.13. The molecular formula is C17H14N4O3S. The number of para-hydroxylation sites is 1. The first-order chi connectivity index (χ1) is 12.1. The van der Waals surface area contributed by atoms with Crippen molar-refractivity contribution in [1.82, 2.24) is 9.97 Å². The van der Waals surface area contributed by atoms with E-state index in [4.69, 9.17) is 10.5 Å². The predicted octanol–water partition coefficient (Wildman–Crippen LogP) is 2.47. The molecule has 0 radical (unpaired) electrons. The summed E-state index contributed by atoms with van der Waals surface area (Å²) in [6.45, 7) is 0.315. The molecule has 3 aromatic rings. The number of nitrogens with zero attached hydrogens (tertiary/aromatic N) is 2. The molecule has 0 atom stereocenters. The second kappa shape index (κ2) is 7.54. The zero-order chi connectivity index (χ0) is 17.6. The Bertz CT molecular complexity index is 896. The molecule has 7 nitrogen and oxygen atoms in total. The largest absolute Gasteiger partial charge is 0.488 e. The van der Waals surface area contributed by atoms with Crippen LogP contribution in [0.2, 0.25) is 0 Å². The first-order valence-electron chi connectivity index (χ1n) is 7.31. The number of carbonyl (C=O) groups excluding carboxylic acids is 2. The Labute approximate surface area is 147 Å². The molecule has 0 saturated carbocycles. The van der Waals surface area contributed by atoms with Crippen molar-refractivity contribution in [3.63, 3.8) is 0 Å². The Morgan fingerprint density at radius 3 is 2.64 bits per heavy atom. The van der Waals surface area contributed by atoms with Crippen molar-refractivity contribution in [2.75, 3.05) is 5.32 Å². The molecule has 0 unspecified atom stereocenters. The van der Waals surface area contributed by atoms with E-state index < -0.39 is 5.91 Å². The molecule has 3 rings (SSSR count). The standard InChI is InChI=1S/C17H14N4O3S/c18-15(22)14-9-20-17(25-14)21-16(23)12-3-1-2-4-13(12)24-10-11-5-7-19-8-6-11/h1-9H,10H2,(H2,18,22)(H,20,21,23). The summed E-state index contributed by atoms with van der Waals surface area (Å²) in [6.07, 6.45) is 4.68. The number of rotatable bonds is 6. The number of nitrogens with two attached hydrogens (primary N) is 1. The molecule has 25 heavy (non-hydrogen) atoms. The summed E-state index contributed by atoms with van der Waals surface area (Å²) in [4.78, 5) is 31.8. The van der Waals surface area contributed by atoms with Crippen molar-refractivity contribution >= 4 is 28.3 Å². The molecule has 0 spiro atoms. The number of thiazole rings is 1. The average Bonchev–Trinajstić information content (AvgIpc) is 3.10. The molecule has 0 saturated heterocycles. The number of amides is 2. The topological polar surface area (TPSA) is 107 Å². The van der Waals surface area contributed by atoms with E-state index in [-0.39, 0.29) is 10.8 Å². The molecule has 0 bridgehead atoms. The average molecular weight is 354 g/mol. The number of carbonyl (C=O) groups is 2. The van der Waals surface area contributed by atoms with Gasteiger partial charge in [0, 0.05) is 12.4 Å². The van der Waals surface area contributed by atoms with E-state index >= 15 is 0 Å². The monoisotopic (exact) mass is 354 g/mol. The molecule has 0 aliphatic heterocycles. The third-order valence-electron chi connectivity index (χ3n) is 3.24. The van der Waals surface area contributed by atoms with E-state index in [0.29, 0.717) is 23.1 Å². The second-order valence-corrected chi connectivity index (χ2v) is 6.02. The maximum Gasteiger partial charge on any atom is 0.261 e. The third kappa shape index (κ3) is 4.18. The third-order valence-corrected chi connectivity index (χ3v) is 4.17. The van der Waals surface area contributed by atoms with Gasteiger partial charge < -0.3 is 10.5 Å². The number of primary amides is 1. The Kier molecular flexibility index (Phi) is 5.00. The van der Waals surface area contributed by atoms with Gasteiger partial charge in [0.15, 0.2) is 5.13 Å². The highest BCUT2D eigenvalue weighted by Crippen LogP contribution is 2.23. The fraction of sp³-hybridized carbons (Fsp3) is 0.0588. The van der Waals surface area contributed by atoms with E-state index in [1.165, 1.54) is 6.20 Å². The van der Waals surface area contributed by atoms with Crippen LogP contribution < -0.4 is 15.8 Å². The maximum atomic E-state index is 12.5. The molecule has 0 aliphatic rings. The van der Waals surface area contributed by atoms with Crippen molar-refractivity contribution in [2.45, 2.75) is 6.61 Å². The number of hydrogen-bond acceptors (Lipinski definition) is 6. The van der Waals surface area contributed by atoms with Crippen LogP contribution in [0.3, 0.4) is 0 Å². The maximum absolute atomic E-state index is 12.5. The van der Waals surface area contributed by atoms with Crippen molar-refractivity contribution in [3.8, 4) is 5.75 Å². The Morgan fingerprint density at radius 2 is 1.92 bits per heavy atom. The van der Waals surface area contributed by atoms with E-state index in [1.807, 2.05) is 12.1 Å². The van der Waals surface area contributed by atoms with Gasteiger partial charge in [-0.25, -0.2) is 4.98 Å². The fourth-order valence-corrected chi connectivity index (χ4v) is 2.69. The Balaban J connectivity index is 1.72. The summed E-state index contributed by atoms with van der Waals surface area (Å²) in [5.74, 6) is -0.515. The van der Waals surface area contributed by atoms with Crippen LogP contribution in [0.4, 0.5) is 5.13 Å². The lowest BCUT2D eigenvalue weighted by atomic mass is 10.2. The van der Waals surface area contributed by atoms with Gasteiger partial charge in [-0.1, -0.05) is 23.5 Å². The summed E-state index contributed by atoms with van der Waals surface area (Å²) in [6, 6.07) is 10.6. The molecule has 8 heteroatoms. The fourth-order valence-electron chi connectivity index (χ4n) is 2.03. The number of nitrogens with one attached hydrogen (secondary N) is 1. The van der Waals surface area contributed by atoms with E-state index in [0.717, 1.165) is 16.9 Å². The lowest BCUT2D eigenvalue weighted by Gasteiger charge is -2.10. The van der Waals surface area contributed by atoms with Gasteiger partial charge in [-0.3, -0.25) is 19.9 Å². The van der Waals surface area contributed by atoms with Crippen molar-refractivity contribution < 1.29 is 14.3 Å². The molecule has 1 aromatic carbocycles. The van der Waals surface area contributed by atoms with Gasteiger partial charge in [0.05, 0.1) is 11.8 Å². The summed E-state index contributed by atoms with van der Waals surface area (Å²) in [5.41, 5.74) is 6.49. The van der Waals surface area contributed by atoms with Gasteiger partial charge in [-0.05, 0) is 29.8 Å². The quantitative estimate of drug-likeness (QED) is 0.707. The van der Waals surface area contributed by atoms with Crippen molar-refractivity contribution in [1.29, 1.82) is 0 Å². The highest BCUT2D eigenvalue weighted by molar-refractivity contribution is 7.17. The molecular weight excluding hydrogens is 340 g/mol. The van der Waals surface area contributed by atoms with Crippen LogP contribution >= 0.6 is 11.3 Å². The number of ether oxygens (including phenoxy) is 1. The summed E-state index contributed by atoms with van der Waals surface area (Å²) in [5, 5.41) is 2.94. The van der Waals surface area contributed by atoms with Crippen LogP contribution in [0.5, 0.6) is 5.75 Å². The normalized spacial score (nSPS) is 10.2. The van der Waals surface area contributed by atoms with Gasteiger partial charge in [-0.15, -0.1) is 0 Å². The van der Waals surface area contributed by atoms with Gasteiger partial charge in [0.2, 0.25) is 0 Å². The van der Waals surface area contributed by atoms with Crippen molar-refractivity contribution in [2.24, 2.45) is 5.73 Å². The summed E-state index contributed by atoms with van der Waals surface area (Å²) < 4.78 is 5.75. The molecule has 2 amide bonds. The number of pyridine rings is 1. The lowest BCUT2D eigenvalue weighted by molar-refractivity contribution is 0.1000. The molecule has 2 heterocycles. The van der Waals surface area contributed by atoms with Gasteiger partial charge in [-0.2, -0.15) is 0 Å². The second-order valence-electron chi connectivity index (χ2n) is 4.99. The highest BCUT2D eigenvalue weighted by atomic mass is 32.1. The molecule has 126 valence electrons. The SMILES string of the molecule is NC(=O)c1cnc(NC(=O)c2ccccc2OCc2ccncc2)s1. The van der Waals surface area contributed by atoms with E-state index in [9.17, 15) is 9.59 Å². The highest BCUT2D eigenvalue weighted by Gasteiger charge is 2.15. The smallest absolute Gasteiger partial charge is 0.261 e. The van der Waals surface area contributed by atoms with Crippen LogP contribution in [0, 0.1) is 0 Å². The predicted molar refractivity (Wildman–Crippen MR) is 93.6 cm³/mol. The molecule has 2 aromatic heterocycles. The van der Waals surface area contributed by atoms with Crippen LogP contribution in [-0.4, -0.2) is 21.8 Å². The summed E-state index contributed by atoms with van der Waals surface area (Å²) >= 11 is 1.01. The van der Waals surface area contributed by atoms with Gasteiger partial charge >= 0.3 is 0 Å². The zero-order valence-corrected chi connectivity index (χ0v) is 13.8. The van der Waals surface area contributed by atoms with Gasteiger partial charge in [0.25, 0.3) is 11.8 Å². The van der Waals surface area contributed by atoms with Crippen LogP contribution in [-0.2, 0) is 6.61 Å². The number of aromatic nitrogens is 2. The minimum Gasteiger partial charge on any atom is -0.488 e. The van der Waals surface area contributed by atoms with Gasteiger partial charge in [0.1, 0.15) is 17.2 Å². The van der Waals surface area contributed by atoms with Crippen LogP contribution in [0.1, 0.15) is 25.6 Å². The van der Waals surface area contributed by atoms with E-state index in [2.05, 4.69) is 15.3 Å².